The Morgan fingerprint density at radius 3 is 1.11 bits per heavy atom. The molecule has 44 heavy (non-hydrogen) atoms. The van der Waals surface area contributed by atoms with Gasteiger partial charge in [0.1, 0.15) is 11.5 Å². The molecule has 0 amide bonds. The fourth-order valence-corrected chi connectivity index (χ4v) is 6.05. The van der Waals surface area contributed by atoms with Gasteiger partial charge in [0.15, 0.2) is 0 Å². The molecule has 0 N–H and O–H groups in total. The minimum Gasteiger partial charge on any atom is -0.434 e. The molecule has 222 valence electrons. The molecule has 0 atom stereocenters. The lowest BCUT2D eigenvalue weighted by atomic mass is 9.84. The molecule has 0 aliphatic carbocycles. The normalized spacial score (nSPS) is 11.3. The Balaban J connectivity index is 1.84. The number of benzene rings is 6. The van der Waals surface area contributed by atoms with Crippen LogP contribution in [0.1, 0.15) is 36.1 Å². The topological polar surface area (TPSA) is 71.1 Å². The van der Waals surface area contributed by atoms with E-state index in [2.05, 4.69) is 50.2 Å². The van der Waals surface area contributed by atoms with Gasteiger partial charge < -0.3 is 18.9 Å². The summed E-state index contributed by atoms with van der Waals surface area (Å²) in [6, 6.07) is 24.7. The summed E-state index contributed by atoms with van der Waals surface area (Å²) in [5.74, 6) is 0.924. The van der Waals surface area contributed by atoms with Crippen molar-refractivity contribution in [1.82, 2.24) is 0 Å². The molecule has 0 fully saturated rings. The van der Waals surface area contributed by atoms with E-state index in [1.165, 1.54) is 0 Å². The number of aryl methyl sites for hydroxylation is 4. The van der Waals surface area contributed by atoms with E-state index in [-0.39, 0.29) is 13.2 Å². The highest BCUT2D eigenvalue weighted by Gasteiger charge is 2.25. The summed E-state index contributed by atoms with van der Waals surface area (Å²) >= 11 is 0. The zero-order chi connectivity index (χ0) is 31.1. The molecule has 6 aromatic rings. The van der Waals surface area contributed by atoms with Gasteiger partial charge in [0.2, 0.25) is 0 Å². The zero-order valence-electron chi connectivity index (χ0n) is 25.8. The highest BCUT2D eigenvalue weighted by Crippen LogP contribution is 2.50. The molecule has 0 aromatic heterocycles. The van der Waals surface area contributed by atoms with Crippen LogP contribution in [0.2, 0.25) is 0 Å². The van der Waals surface area contributed by atoms with Gasteiger partial charge >= 0.3 is 12.3 Å². The minimum atomic E-state index is -0.743. The standard InChI is InChI=1S/C38H34O6/c1-7-41-37(39)43-35-27-15-11-21(3)17-29(27)33(25-13-9-23(5)19-31(25)35)34-26-14-10-24(6)20-32(26)36(44-38(40)42-8-2)28-16-12-22(4)18-30(28)34/h9-20H,7-8H2,1-6H3. The molecule has 0 bridgehead atoms. The van der Waals surface area contributed by atoms with Crippen molar-refractivity contribution in [3.63, 3.8) is 0 Å². The van der Waals surface area contributed by atoms with Gasteiger partial charge in [-0.25, -0.2) is 9.59 Å². The Morgan fingerprint density at radius 2 is 0.773 bits per heavy atom. The molecule has 0 heterocycles. The summed E-state index contributed by atoms with van der Waals surface area (Å²) in [6.45, 7) is 12.1. The lowest BCUT2D eigenvalue weighted by Crippen LogP contribution is -2.11. The Bertz CT molecular complexity index is 1970. The van der Waals surface area contributed by atoms with Gasteiger partial charge in [0, 0.05) is 21.5 Å². The maximum atomic E-state index is 12.7. The van der Waals surface area contributed by atoms with Gasteiger partial charge in [-0.05, 0) is 86.3 Å². The van der Waals surface area contributed by atoms with Crippen LogP contribution in [0.5, 0.6) is 11.5 Å². The molecule has 0 aliphatic heterocycles. The van der Waals surface area contributed by atoms with Gasteiger partial charge in [0.05, 0.1) is 13.2 Å². The van der Waals surface area contributed by atoms with Gasteiger partial charge in [-0.15, -0.1) is 0 Å². The molecule has 6 rings (SSSR count). The summed E-state index contributed by atoms with van der Waals surface area (Å²) in [7, 11) is 0. The van der Waals surface area contributed by atoms with Crippen LogP contribution in [0.25, 0.3) is 54.2 Å². The van der Waals surface area contributed by atoms with E-state index < -0.39 is 12.3 Å². The molecule has 6 heteroatoms. The first-order valence-electron chi connectivity index (χ1n) is 14.8. The fraction of sp³-hybridized carbons (Fsp3) is 0.211. The maximum Gasteiger partial charge on any atom is 0.513 e. The number of carbonyl (C=O) groups is 2. The highest BCUT2D eigenvalue weighted by molar-refractivity contribution is 6.27. The molecular formula is C38H34O6. The van der Waals surface area contributed by atoms with Crippen molar-refractivity contribution < 1.29 is 28.5 Å². The van der Waals surface area contributed by atoms with Crippen LogP contribution in [-0.4, -0.2) is 25.5 Å². The summed E-state index contributed by atoms with van der Waals surface area (Å²) in [6.07, 6.45) is -1.49. The second-order valence-corrected chi connectivity index (χ2v) is 11.2. The fourth-order valence-electron chi connectivity index (χ4n) is 6.05. The monoisotopic (exact) mass is 586 g/mol. The predicted octanol–water partition coefficient (Wildman–Crippen LogP) is 10.3. The van der Waals surface area contributed by atoms with Crippen molar-refractivity contribution in [1.29, 1.82) is 0 Å². The Hall–Kier alpha value is -5.10. The van der Waals surface area contributed by atoms with Crippen molar-refractivity contribution in [3.8, 4) is 22.6 Å². The van der Waals surface area contributed by atoms with Gasteiger partial charge in [-0.2, -0.15) is 0 Å². The van der Waals surface area contributed by atoms with Crippen molar-refractivity contribution in [2.24, 2.45) is 0 Å². The van der Waals surface area contributed by atoms with Gasteiger partial charge in [-0.1, -0.05) is 82.9 Å². The molecule has 0 saturated heterocycles. The van der Waals surface area contributed by atoms with E-state index in [0.29, 0.717) is 11.5 Å². The quantitative estimate of drug-likeness (QED) is 0.114. The van der Waals surface area contributed by atoms with Crippen LogP contribution < -0.4 is 9.47 Å². The molecule has 0 aliphatic rings. The lowest BCUT2D eigenvalue weighted by Gasteiger charge is -2.22. The number of hydrogen-bond acceptors (Lipinski definition) is 6. The van der Waals surface area contributed by atoms with E-state index in [1.807, 2.05) is 50.2 Å². The number of rotatable bonds is 5. The predicted molar refractivity (Wildman–Crippen MR) is 176 cm³/mol. The first-order chi connectivity index (χ1) is 21.2. The Labute approximate surface area is 256 Å². The molecule has 0 saturated carbocycles. The molecule has 0 unspecified atom stereocenters. The summed E-state index contributed by atoms with van der Waals surface area (Å²) in [5, 5.41) is 6.92. The van der Waals surface area contributed by atoms with E-state index in [9.17, 15) is 9.59 Å². The van der Waals surface area contributed by atoms with Crippen LogP contribution in [0, 0.1) is 27.7 Å². The van der Waals surface area contributed by atoms with Gasteiger partial charge in [0.25, 0.3) is 0 Å². The molecular weight excluding hydrogens is 552 g/mol. The number of fused-ring (bicyclic) bond motifs is 4. The average molecular weight is 587 g/mol. The number of carbonyl (C=O) groups excluding carboxylic acids is 2. The highest BCUT2D eigenvalue weighted by atomic mass is 16.7. The minimum absolute atomic E-state index is 0.210. The second kappa shape index (κ2) is 11.5. The third-order valence-corrected chi connectivity index (χ3v) is 7.90. The van der Waals surface area contributed by atoms with Gasteiger partial charge in [-0.3, -0.25) is 0 Å². The smallest absolute Gasteiger partial charge is 0.434 e. The van der Waals surface area contributed by atoms with Crippen molar-refractivity contribution >= 4 is 55.4 Å². The van der Waals surface area contributed by atoms with E-state index >= 15 is 0 Å². The Morgan fingerprint density at radius 1 is 0.455 bits per heavy atom. The van der Waals surface area contributed by atoms with Crippen LogP contribution in [0.15, 0.2) is 72.8 Å². The number of ether oxygens (including phenoxy) is 4. The first-order valence-corrected chi connectivity index (χ1v) is 14.8. The first kappa shape index (κ1) is 29.0. The molecule has 6 aromatic carbocycles. The van der Waals surface area contributed by atoms with E-state index in [4.69, 9.17) is 18.9 Å². The summed E-state index contributed by atoms with van der Waals surface area (Å²) in [4.78, 5) is 25.4. The van der Waals surface area contributed by atoms with Crippen molar-refractivity contribution in [3.05, 3.63) is 95.1 Å². The average Bonchev–Trinajstić information content (AvgIpc) is 2.98. The molecule has 0 radical (unpaired) electrons. The van der Waals surface area contributed by atoms with Crippen LogP contribution in [0.3, 0.4) is 0 Å². The van der Waals surface area contributed by atoms with E-state index in [1.54, 1.807) is 13.8 Å². The zero-order valence-corrected chi connectivity index (χ0v) is 25.8. The third-order valence-electron chi connectivity index (χ3n) is 7.90. The summed E-state index contributed by atoms with van der Waals surface area (Å²) in [5.41, 5.74) is 6.19. The molecule has 6 nitrogen and oxygen atoms in total. The second-order valence-electron chi connectivity index (χ2n) is 11.2. The largest absolute Gasteiger partial charge is 0.513 e. The summed E-state index contributed by atoms with van der Waals surface area (Å²) < 4.78 is 22.3. The van der Waals surface area contributed by atoms with Crippen LogP contribution >= 0.6 is 0 Å². The molecule has 0 spiro atoms. The van der Waals surface area contributed by atoms with Crippen molar-refractivity contribution in [2.45, 2.75) is 41.5 Å². The Kier molecular flexibility index (Phi) is 7.60. The van der Waals surface area contributed by atoms with E-state index in [0.717, 1.165) is 76.5 Å². The lowest BCUT2D eigenvalue weighted by molar-refractivity contribution is 0.104. The maximum absolute atomic E-state index is 12.7. The number of hydrogen-bond donors (Lipinski definition) is 0. The van der Waals surface area contributed by atoms with Crippen LogP contribution in [0.4, 0.5) is 9.59 Å². The van der Waals surface area contributed by atoms with Crippen molar-refractivity contribution in [2.75, 3.05) is 13.2 Å². The third kappa shape index (κ3) is 5.06. The SMILES string of the molecule is CCOC(=O)Oc1c2cc(C)ccc2c(-c2c3ccc(C)cc3c(OC(=O)OCC)c3ccc(C)cc23)c2cc(C)ccc12. The van der Waals surface area contributed by atoms with Crippen LogP contribution in [-0.2, 0) is 9.47 Å².